The van der Waals surface area contributed by atoms with E-state index in [1.165, 1.54) is 5.56 Å². The van der Waals surface area contributed by atoms with Gasteiger partial charge in [-0.3, -0.25) is 0 Å². The monoisotopic (exact) mass is 265 g/mol. The fraction of sp³-hybridized carbons (Fsp3) is 0.600. The summed E-state index contributed by atoms with van der Waals surface area (Å²) in [5.41, 5.74) is 2.48. The second-order valence-electron chi connectivity index (χ2n) is 6.01. The molecule has 0 bridgehead atoms. The lowest BCUT2D eigenvalue weighted by molar-refractivity contribution is 0.0536. The molecule has 2 unspecified atom stereocenters. The highest BCUT2D eigenvalue weighted by Gasteiger charge is 2.29. The maximum Gasteiger partial charge on any atom is 0.121 e. The van der Waals surface area contributed by atoms with Crippen molar-refractivity contribution in [3.63, 3.8) is 0 Å². The third-order valence-electron chi connectivity index (χ3n) is 3.50. The zero-order valence-corrected chi connectivity index (χ0v) is 11.8. The van der Waals surface area contributed by atoms with Crippen LogP contribution in [0.4, 0.5) is 5.69 Å². The molecular formula is C15H23NO3. The Labute approximate surface area is 114 Å². The lowest BCUT2D eigenvalue weighted by Crippen LogP contribution is -2.36. The number of rotatable bonds is 4. The first-order valence-corrected chi connectivity index (χ1v) is 6.75. The minimum atomic E-state index is -0.834. The molecule has 4 nitrogen and oxygen atoms in total. The standard InChI is InChI=1S/C15H23NO3/c1-10-7-15(2,3)16-14-6-12(4-5-13(10)14)19-9-11(18)8-17/h4-6,10-11,16-18H,7-9H2,1-3H3. The van der Waals surface area contributed by atoms with E-state index in [0.29, 0.717) is 11.7 Å². The Hall–Kier alpha value is -1.26. The first-order chi connectivity index (χ1) is 8.91. The molecule has 0 amide bonds. The molecule has 1 aromatic carbocycles. The normalized spacial score (nSPS) is 22.3. The van der Waals surface area contributed by atoms with Gasteiger partial charge in [0.1, 0.15) is 18.5 Å². The van der Waals surface area contributed by atoms with Gasteiger partial charge in [0.2, 0.25) is 0 Å². The van der Waals surface area contributed by atoms with Crippen LogP contribution in [-0.2, 0) is 0 Å². The van der Waals surface area contributed by atoms with E-state index in [9.17, 15) is 5.11 Å². The largest absolute Gasteiger partial charge is 0.491 e. The first kappa shape index (κ1) is 14.2. The van der Waals surface area contributed by atoms with Crippen molar-refractivity contribution in [1.82, 2.24) is 0 Å². The third-order valence-corrected chi connectivity index (χ3v) is 3.50. The number of hydrogen-bond donors (Lipinski definition) is 3. The Balaban J connectivity index is 2.14. The number of hydrogen-bond acceptors (Lipinski definition) is 4. The highest BCUT2D eigenvalue weighted by molar-refractivity contribution is 5.59. The van der Waals surface area contributed by atoms with E-state index in [0.717, 1.165) is 12.1 Å². The van der Waals surface area contributed by atoms with Crippen LogP contribution in [0.1, 0.15) is 38.7 Å². The zero-order valence-electron chi connectivity index (χ0n) is 11.8. The van der Waals surface area contributed by atoms with Crippen molar-refractivity contribution in [2.75, 3.05) is 18.5 Å². The van der Waals surface area contributed by atoms with Gasteiger partial charge in [-0.1, -0.05) is 13.0 Å². The molecule has 4 heteroatoms. The van der Waals surface area contributed by atoms with Crippen LogP contribution in [0.25, 0.3) is 0 Å². The maximum absolute atomic E-state index is 9.29. The first-order valence-electron chi connectivity index (χ1n) is 6.75. The quantitative estimate of drug-likeness (QED) is 0.780. The summed E-state index contributed by atoms with van der Waals surface area (Å²) in [6.07, 6.45) is 0.267. The van der Waals surface area contributed by atoms with Crippen LogP contribution in [0.15, 0.2) is 18.2 Å². The fourth-order valence-electron chi connectivity index (χ4n) is 2.70. The van der Waals surface area contributed by atoms with Crippen molar-refractivity contribution in [2.45, 2.75) is 44.8 Å². The summed E-state index contributed by atoms with van der Waals surface area (Å²) in [7, 11) is 0. The van der Waals surface area contributed by atoms with Crippen molar-refractivity contribution in [3.8, 4) is 5.75 Å². The summed E-state index contributed by atoms with van der Waals surface area (Å²) in [4.78, 5) is 0. The molecule has 0 fully saturated rings. The smallest absolute Gasteiger partial charge is 0.121 e. The molecule has 2 rings (SSSR count). The topological polar surface area (TPSA) is 61.7 Å². The molecule has 0 saturated carbocycles. The van der Waals surface area contributed by atoms with Gasteiger partial charge in [0.15, 0.2) is 0 Å². The lowest BCUT2D eigenvalue weighted by Gasteiger charge is -2.37. The number of fused-ring (bicyclic) bond motifs is 1. The molecule has 0 spiro atoms. The minimum Gasteiger partial charge on any atom is -0.491 e. The van der Waals surface area contributed by atoms with E-state index in [2.05, 4.69) is 32.2 Å². The Morgan fingerprint density at radius 1 is 1.47 bits per heavy atom. The van der Waals surface area contributed by atoms with Gasteiger partial charge in [-0.05, 0) is 37.8 Å². The van der Waals surface area contributed by atoms with Crippen LogP contribution in [-0.4, -0.2) is 35.1 Å². The van der Waals surface area contributed by atoms with E-state index in [1.54, 1.807) is 0 Å². The number of ether oxygens (including phenoxy) is 1. The molecule has 19 heavy (non-hydrogen) atoms. The van der Waals surface area contributed by atoms with Gasteiger partial charge in [-0.2, -0.15) is 0 Å². The Bertz CT molecular complexity index is 445. The number of benzene rings is 1. The summed E-state index contributed by atoms with van der Waals surface area (Å²) in [5, 5.41) is 21.6. The third kappa shape index (κ3) is 3.39. The van der Waals surface area contributed by atoms with E-state index >= 15 is 0 Å². The van der Waals surface area contributed by atoms with Crippen LogP contribution in [0.2, 0.25) is 0 Å². The van der Waals surface area contributed by atoms with Crippen molar-refractivity contribution in [3.05, 3.63) is 23.8 Å². The summed E-state index contributed by atoms with van der Waals surface area (Å²) < 4.78 is 5.48. The zero-order chi connectivity index (χ0) is 14.0. The molecule has 0 saturated heterocycles. The van der Waals surface area contributed by atoms with Gasteiger partial charge >= 0.3 is 0 Å². The molecule has 2 atom stereocenters. The van der Waals surface area contributed by atoms with Gasteiger partial charge in [0.25, 0.3) is 0 Å². The summed E-state index contributed by atoms with van der Waals surface area (Å²) >= 11 is 0. The lowest BCUT2D eigenvalue weighted by atomic mass is 9.82. The van der Waals surface area contributed by atoms with Crippen LogP contribution < -0.4 is 10.1 Å². The van der Waals surface area contributed by atoms with Gasteiger partial charge in [0.05, 0.1) is 6.61 Å². The van der Waals surface area contributed by atoms with Gasteiger partial charge in [0, 0.05) is 17.3 Å². The van der Waals surface area contributed by atoms with E-state index in [1.807, 2.05) is 12.1 Å². The molecule has 1 heterocycles. The summed E-state index contributed by atoms with van der Waals surface area (Å²) in [6.45, 7) is 6.43. The van der Waals surface area contributed by atoms with Gasteiger partial charge in [-0.15, -0.1) is 0 Å². The van der Waals surface area contributed by atoms with E-state index in [4.69, 9.17) is 9.84 Å². The second-order valence-corrected chi connectivity index (χ2v) is 6.01. The highest BCUT2D eigenvalue weighted by Crippen LogP contribution is 2.40. The molecular weight excluding hydrogens is 242 g/mol. The predicted octanol–water partition coefficient (Wildman–Crippen LogP) is 2.12. The van der Waals surface area contributed by atoms with Gasteiger partial charge < -0.3 is 20.3 Å². The van der Waals surface area contributed by atoms with Crippen LogP contribution >= 0.6 is 0 Å². The van der Waals surface area contributed by atoms with Crippen molar-refractivity contribution in [2.24, 2.45) is 0 Å². The Morgan fingerprint density at radius 2 is 2.21 bits per heavy atom. The molecule has 1 aliphatic heterocycles. The molecule has 3 N–H and O–H groups in total. The van der Waals surface area contributed by atoms with Gasteiger partial charge in [-0.25, -0.2) is 0 Å². The van der Waals surface area contributed by atoms with E-state index in [-0.39, 0.29) is 18.8 Å². The average Bonchev–Trinajstić information content (AvgIpc) is 2.33. The van der Waals surface area contributed by atoms with Crippen LogP contribution in [0.3, 0.4) is 0 Å². The van der Waals surface area contributed by atoms with Crippen molar-refractivity contribution < 1.29 is 14.9 Å². The van der Waals surface area contributed by atoms with Crippen LogP contribution in [0.5, 0.6) is 5.75 Å². The average molecular weight is 265 g/mol. The number of aliphatic hydroxyl groups excluding tert-OH is 2. The van der Waals surface area contributed by atoms with E-state index < -0.39 is 6.10 Å². The number of aliphatic hydroxyl groups is 2. The fourth-order valence-corrected chi connectivity index (χ4v) is 2.70. The molecule has 1 aromatic rings. The minimum absolute atomic E-state index is 0.0790. The molecule has 0 radical (unpaired) electrons. The second kappa shape index (κ2) is 5.39. The van der Waals surface area contributed by atoms with Crippen molar-refractivity contribution in [1.29, 1.82) is 0 Å². The molecule has 1 aliphatic rings. The Kier molecular flexibility index (Phi) is 4.02. The summed E-state index contributed by atoms with van der Waals surface area (Å²) in [5.74, 6) is 1.23. The highest BCUT2D eigenvalue weighted by atomic mass is 16.5. The Morgan fingerprint density at radius 3 is 2.89 bits per heavy atom. The maximum atomic E-state index is 9.29. The number of anilines is 1. The SMILES string of the molecule is CC1CC(C)(C)Nc2cc(OCC(O)CO)ccc21. The van der Waals surface area contributed by atoms with Crippen molar-refractivity contribution >= 4 is 5.69 Å². The predicted molar refractivity (Wildman–Crippen MR) is 75.8 cm³/mol. The number of nitrogens with one attached hydrogen (secondary N) is 1. The molecule has 0 aliphatic carbocycles. The molecule has 0 aromatic heterocycles. The summed E-state index contributed by atoms with van der Waals surface area (Å²) in [6, 6.07) is 5.96. The molecule has 106 valence electrons. The van der Waals surface area contributed by atoms with Crippen LogP contribution in [0, 0.1) is 0 Å².